The van der Waals surface area contributed by atoms with Crippen molar-refractivity contribution in [3.05, 3.63) is 52.3 Å². The molecule has 1 fully saturated rings. The number of piperazine rings is 1. The van der Waals surface area contributed by atoms with E-state index in [4.69, 9.17) is 11.6 Å². The number of nitrogens with zero attached hydrogens (tertiary/aromatic N) is 4. The van der Waals surface area contributed by atoms with Crippen LogP contribution in [0.4, 0.5) is 8.78 Å². The lowest BCUT2D eigenvalue weighted by Crippen LogP contribution is -2.50. The van der Waals surface area contributed by atoms with Gasteiger partial charge in [-0.25, -0.2) is 8.78 Å². The molecule has 1 saturated heterocycles. The zero-order valence-electron chi connectivity index (χ0n) is 15.4. The molecule has 5 nitrogen and oxygen atoms in total. The van der Waals surface area contributed by atoms with Gasteiger partial charge in [0.2, 0.25) is 5.91 Å². The Bertz CT molecular complexity index is 803. The second kappa shape index (κ2) is 8.35. The van der Waals surface area contributed by atoms with Gasteiger partial charge in [-0.05, 0) is 37.6 Å². The Morgan fingerprint density at radius 3 is 2.52 bits per heavy atom. The first-order valence-corrected chi connectivity index (χ1v) is 9.32. The highest BCUT2D eigenvalue weighted by molar-refractivity contribution is 6.30. The van der Waals surface area contributed by atoms with Crippen molar-refractivity contribution in [1.29, 1.82) is 0 Å². The number of halogens is 3. The van der Waals surface area contributed by atoms with Crippen molar-refractivity contribution >= 4 is 17.5 Å². The molecule has 0 N–H and O–H groups in total. The van der Waals surface area contributed by atoms with Crippen LogP contribution in [0.1, 0.15) is 36.3 Å². The Hall–Kier alpha value is -1.99. The van der Waals surface area contributed by atoms with Gasteiger partial charge in [0.05, 0.1) is 0 Å². The summed E-state index contributed by atoms with van der Waals surface area (Å²) in [4.78, 5) is 16.8. The molecule has 1 aromatic carbocycles. The van der Waals surface area contributed by atoms with Crippen LogP contribution in [0, 0.1) is 6.92 Å². The van der Waals surface area contributed by atoms with Crippen molar-refractivity contribution in [2.45, 2.75) is 32.9 Å². The fraction of sp³-hybridized carbons (Fsp3) is 0.474. The number of alkyl halides is 2. The van der Waals surface area contributed by atoms with Gasteiger partial charge in [0.1, 0.15) is 11.7 Å². The standard InChI is InChI=1S/C19H23ClF2N4O/c1-13-10-17(18(21)22)23-26(13)14(2)19(27)25-8-6-24(7-9-25)12-15-4-3-5-16(20)11-15/h3-5,10-11,14,18H,6-9,12H2,1-2H3. The minimum Gasteiger partial charge on any atom is -0.338 e. The molecule has 2 heterocycles. The first-order chi connectivity index (χ1) is 12.8. The summed E-state index contributed by atoms with van der Waals surface area (Å²) in [6.45, 7) is 6.89. The van der Waals surface area contributed by atoms with Gasteiger partial charge in [-0.3, -0.25) is 14.4 Å². The number of aromatic nitrogens is 2. The predicted octanol–water partition coefficient (Wildman–Crippen LogP) is 3.69. The molecule has 1 unspecified atom stereocenters. The Morgan fingerprint density at radius 2 is 1.93 bits per heavy atom. The number of carbonyl (C=O) groups excluding carboxylic acids is 1. The second-order valence-electron chi connectivity index (χ2n) is 6.86. The van der Waals surface area contributed by atoms with Crippen LogP contribution in [-0.4, -0.2) is 51.7 Å². The molecule has 1 amide bonds. The van der Waals surface area contributed by atoms with E-state index in [1.807, 2.05) is 24.3 Å². The number of benzene rings is 1. The lowest BCUT2D eigenvalue weighted by Gasteiger charge is -2.36. The number of aryl methyl sites for hydroxylation is 1. The van der Waals surface area contributed by atoms with Crippen molar-refractivity contribution in [3.8, 4) is 0 Å². The van der Waals surface area contributed by atoms with Crippen molar-refractivity contribution in [1.82, 2.24) is 19.6 Å². The highest BCUT2D eigenvalue weighted by Crippen LogP contribution is 2.22. The quantitative estimate of drug-likeness (QED) is 0.774. The molecular weight excluding hydrogens is 374 g/mol. The SMILES string of the molecule is Cc1cc(C(F)F)nn1C(C)C(=O)N1CCN(Cc2cccc(Cl)c2)CC1. The average molecular weight is 397 g/mol. The van der Waals surface area contributed by atoms with Gasteiger partial charge in [-0.1, -0.05) is 23.7 Å². The summed E-state index contributed by atoms with van der Waals surface area (Å²) in [5, 5.41) is 4.62. The van der Waals surface area contributed by atoms with Gasteiger partial charge in [-0.15, -0.1) is 0 Å². The van der Waals surface area contributed by atoms with Crippen molar-refractivity contribution < 1.29 is 13.6 Å². The van der Waals surface area contributed by atoms with Crippen LogP contribution in [0.25, 0.3) is 0 Å². The van der Waals surface area contributed by atoms with Gasteiger partial charge in [0.25, 0.3) is 6.43 Å². The molecule has 0 radical (unpaired) electrons. The smallest absolute Gasteiger partial charge is 0.282 e. The summed E-state index contributed by atoms with van der Waals surface area (Å²) in [6, 6.07) is 8.49. The molecule has 0 bridgehead atoms. The summed E-state index contributed by atoms with van der Waals surface area (Å²) in [5.41, 5.74) is 1.41. The lowest BCUT2D eigenvalue weighted by atomic mass is 10.2. The van der Waals surface area contributed by atoms with Gasteiger partial charge < -0.3 is 4.90 Å². The minimum absolute atomic E-state index is 0.0931. The molecule has 3 rings (SSSR count). The van der Waals surface area contributed by atoms with Crippen molar-refractivity contribution in [2.24, 2.45) is 0 Å². The third kappa shape index (κ3) is 4.65. The topological polar surface area (TPSA) is 41.4 Å². The van der Waals surface area contributed by atoms with E-state index < -0.39 is 12.5 Å². The maximum Gasteiger partial charge on any atom is 0.282 e. The summed E-state index contributed by atoms with van der Waals surface area (Å²) in [6.07, 6.45) is -2.64. The fourth-order valence-electron chi connectivity index (χ4n) is 3.40. The molecule has 1 aromatic heterocycles. The molecule has 1 atom stereocenters. The van der Waals surface area contributed by atoms with E-state index in [0.717, 1.165) is 25.2 Å². The lowest BCUT2D eigenvalue weighted by molar-refractivity contribution is -0.136. The average Bonchev–Trinajstić information content (AvgIpc) is 3.03. The molecular formula is C19H23ClF2N4O. The van der Waals surface area contributed by atoms with Gasteiger partial charge in [0.15, 0.2) is 0 Å². The van der Waals surface area contributed by atoms with E-state index in [2.05, 4.69) is 10.00 Å². The highest BCUT2D eigenvalue weighted by Gasteiger charge is 2.28. The van der Waals surface area contributed by atoms with Crippen molar-refractivity contribution in [2.75, 3.05) is 26.2 Å². The molecule has 8 heteroatoms. The maximum atomic E-state index is 12.8. The monoisotopic (exact) mass is 396 g/mol. The molecule has 1 aliphatic rings. The number of amides is 1. The first-order valence-electron chi connectivity index (χ1n) is 8.95. The van der Waals surface area contributed by atoms with Crippen LogP contribution in [0.5, 0.6) is 0 Å². The van der Waals surface area contributed by atoms with Crippen molar-refractivity contribution in [3.63, 3.8) is 0 Å². The third-order valence-corrected chi connectivity index (χ3v) is 5.10. The van der Waals surface area contributed by atoms with E-state index in [1.54, 1.807) is 18.7 Å². The normalized spacial score (nSPS) is 16.7. The molecule has 27 heavy (non-hydrogen) atoms. The first kappa shape index (κ1) is 19.8. The summed E-state index contributed by atoms with van der Waals surface area (Å²) in [5.74, 6) is -0.0931. The van der Waals surface area contributed by atoms with E-state index in [1.165, 1.54) is 10.7 Å². The summed E-state index contributed by atoms with van der Waals surface area (Å²) < 4.78 is 27.1. The Morgan fingerprint density at radius 1 is 1.22 bits per heavy atom. The Balaban J connectivity index is 1.58. The molecule has 0 spiro atoms. The van der Waals surface area contributed by atoms with E-state index in [-0.39, 0.29) is 11.6 Å². The van der Waals surface area contributed by atoms with Crippen LogP contribution in [0.15, 0.2) is 30.3 Å². The summed E-state index contributed by atoms with van der Waals surface area (Å²) in [7, 11) is 0. The Kier molecular flexibility index (Phi) is 6.11. The maximum absolute atomic E-state index is 12.8. The molecule has 0 aliphatic carbocycles. The van der Waals surface area contributed by atoms with Crippen LogP contribution in [0.3, 0.4) is 0 Å². The van der Waals surface area contributed by atoms with E-state index in [9.17, 15) is 13.6 Å². The molecule has 146 valence electrons. The zero-order chi connectivity index (χ0) is 19.6. The third-order valence-electron chi connectivity index (χ3n) is 4.87. The summed E-state index contributed by atoms with van der Waals surface area (Å²) >= 11 is 6.03. The van der Waals surface area contributed by atoms with Crippen LogP contribution < -0.4 is 0 Å². The fourth-order valence-corrected chi connectivity index (χ4v) is 3.61. The number of rotatable bonds is 5. The second-order valence-corrected chi connectivity index (χ2v) is 7.30. The van der Waals surface area contributed by atoms with Crippen LogP contribution in [0.2, 0.25) is 5.02 Å². The van der Waals surface area contributed by atoms with Gasteiger partial charge >= 0.3 is 0 Å². The molecule has 0 saturated carbocycles. The number of hydrogen-bond acceptors (Lipinski definition) is 3. The van der Waals surface area contributed by atoms with E-state index >= 15 is 0 Å². The molecule has 1 aliphatic heterocycles. The Labute approximate surface area is 162 Å². The van der Waals surface area contributed by atoms with Gasteiger partial charge in [0, 0.05) is 43.4 Å². The largest absolute Gasteiger partial charge is 0.338 e. The van der Waals surface area contributed by atoms with Crippen LogP contribution in [-0.2, 0) is 11.3 Å². The predicted molar refractivity (Wildman–Crippen MR) is 99.9 cm³/mol. The number of hydrogen-bond donors (Lipinski definition) is 0. The van der Waals surface area contributed by atoms with E-state index in [0.29, 0.717) is 23.8 Å². The minimum atomic E-state index is -2.64. The van der Waals surface area contributed by atoms with Crippen LogP contribution >= 0.6 is 11.6 Å². The molecule has 2 aromatic rings. The zero-order valence-corrected chi connectivity index (χ0v) is 16.2. The highest BCUT2D eigenvalue weighted by atomic mass is 35.5. The number of carbonyl (C=O) groups is 1. The van der Waals surface area contributed by atoms with Gasteiger partial charge in [-0.2, -0.15) is 5.10 Å².